The van der Waals surface area contributed by atoms with Gasteiger partial charge >= 0.3 is 0 Å². The molecule has 10 heteroatoms. The lowest BCUT2D eigenvalue weighted by molar-refractivity contribution is -0.121. The quantitative estimate of drug-likeness (QED) is 0.487. The lowest BCUT2D eigenvalue weighted by Gasteiger charge is -2.22. The maximum absolute atomic E-state index is 12.6. The first-order chi connectivity index (χ1) is 17.2. The van der Waals surface area contributed by atoms with Crippen molar-refractivity contribution in [1.29, 1.82) is 0 Å². The predicted molar refractivity (Wildman–Crippen MR) is 138 cm³/mol. The van der Waals surface area contributed by atoms with Gasteiger partial charge in [0, 0.05) is 32.1 Å². The molecule has 1 saturated heterocycles. The summed E-state index contributed by atoms with van der Waals surface area (Å²) in [7, 11) is -6.98. The molecule has 2 aromatic carbocycles. The summed E-state index contributed by atoms with van der Waals surface area (Å²) in [5.74, 6) is -0.126. The molecule has 196 valence electrons. The molecule has 0 aromatic heterocycles. The Balaban J connectivity index is 1.23. The predicted octanol–water partition coefficient (Wildman–Crippen LogP) is 3.33. The highest BCUT2D eigenvalue weighted by Crippen LogP contribution is 2.22. The molecule has 1 aliphatic carbocycles. The second-order valence-corrected chi connectivity index (χ2v) is 13.3. The summed E-state index contributed by atoms with van der Waals surface area (Å²) < 4.78 is 54.8. The molecular weight excluding hydrogens is 498 g/mol. The molecule has 0 spiro atoms. The zero-order chi connectivity index (χ0) is 25.6. The van der Waals surface area contributed by atoms with E-state index in [-0.39, 0.29) is 28.2 Å². The highest BCUT2D eigenvalue weighted by atomic mass is 32.2. The van der Waals surface area contributed by atoms with E-state index in [4.69, 9.17) is 0 Å². The van der Waals surface area contributed by atoms with Gasteiger partial charge in [0.25, 0.3) is 0 Å². The van der Waals surface area contributed by atoms with Gasteiger partial charge in [0.1, 0.15) is 0 Å². The molecule has 2 N–H and O–H groups in total. The number of nitrogens with zero attached hydrogens (tertiary/aromatic N) is 1. The van der Waals surface area contributed by atoms with Gasteiger partial charge in [0.15, 0.2) is 0 Å². The number of rotatable bonds is 10. The van der Waals surface area contributed by atoms with Crippen LogP contribution in [0.2, 0.25) is 0 Å². The molecular formula is C26H35N3O5S2. The maximum Gasteiger partial charge on any atom is 0.243 e. The van der Waals surface area contributed by atoms with Gasteiger partial charge in [-0.2, -0.15) is 4.31 Å². The lowest BCUT2D eigenvalue weighted by Crippen LogP contribution is -2.36. The van der Waals surface area contributed by atoms with Crippen LogP contribution in [0.1, 0.15) is 62.5 Å². The van der Waals surface area contributed by atoms with E-state index in [1.54, 1.807) is 48.5 Å². The fourth-order valence-electron chi connectivity index (χ4n) is 4.75. The van der Waals surface area contributed by atoms with Gasteiger partial charge in [-0.3, -0.25) is 4.79 Å². The maximum atomic E-state index is 12.6. The van der Waals surface area contributed by atoms with Crippen LogP contribution in [0.5, 0.6) is 0 Å². The Labute approximate surface area is 214 Å². The Bertz CT molecular complexity index is 1230. The van der Waals surface area contributed by atoms with E-state index in [0.29, 0.717) is 26.1 Å². The molecule has 2 aromatic rings. The molecule has 2 aliphatic rings. The minimum absolute atomic E-state index is 0.0119. The summed E-state index contributed by atoms with van der Waals surface area (Å²) in [6.07, 6.45) is 7.59. The molecule has 1 heterocycles. The highest BCUT2D eigenvalue weighted by molar-refractivity contribution is 7.89. The van der Waals surface area contributed by atoms with Crippen molar-refractivity contribution < 1.29 is 21.6 Å². The van der Waals surface area contributed by atoms with Crippen LogP contribution < -0.4 is 10.0 Å². The van der Waals surface area contributed by atoms with Crippen LogP contribution in [0.25, 0.3) is 0 Å². The van der Waals surface area contributed by atoms with Crippen molar-refractivity contribution >= 4 is 26.0 Å². The van der Waals surface area contributed by atoms with Crippen LogP contribution >= 0.6 is 0 Å². The molecule has 1 amide bonds. The van der Waals surface area contributed by atoms with E-state index in [2.05, 4.69) is 10.0 Å². The first-order valence-electron chi connectivity index (χ1n) is 12.7. The first kappa shape index (κ1) is 26.8. The Morgan fingerprint density at radius 2 is 1.36 bits per heavy atom. The summed E-state index contributed by atoms with van der Waals surface area (Å²) in [4.78, 5) is 12.8. The van der Waals surface area contributed by atoms with Crippen molar-refractivity contribution in [1.82, 2.24) is 14.3 Å². The van der Waals surface area contributed by atoms with E-state index >= 15 is 0 Å². The van der Waals surface area contributed by atoms with Crippen LogP contribution in [0.15, 0.2) is 58.3 Å². The molecule has 1 saturated carbocycles. The minimum Gasteiger partial charge on any atom is -0.352 e. The van der Waals surface area contributed by atoms with Gasteiger partial charge in [-0.1, -0.05) is 43.5 Å². The summed E-state index contributed by atoms with van der Waals surface area (Å²) >= 11 is 0. The average molecular weight is 534 g/mol. The molecule has 0 radical (unpaired) electrons. The zero-order valence-electron chi connectivity index (χ0n) is 20.5. The number of carbonyl (C=O) groups excluding carboxylic acids is 1. The Hall–Kier alpha value is -2.27. The smallest absolute Gasteiger partial charge is 0.243 e. The van der Waals surface area contributed by atoms with E-state index in [9.17, 15) is 21.6 Å². The number of aryl methyl sites for hydroxylation is 1. The van der Waals surface area contributed by atoms with Crippen LogP contribution in [-0.2, 0) is 37.8 Å². The fraction of sp³-hybridized carbons (Fsp3) is 0.500. The van der Waals surface area contributed by atoms with Crippen molar-refractivity contribution in [2.75, 3.05) is 13.1 Å². The van der Waals surface area contributed by atoms with Crippen LogP contribution in [-0.4, -0.2) is 46.2 Å². The summed E-state index contributed by atoms with van der Waals surface area (Å²) in [6.45, 7) is 1.44. The SMILES string of the molecule is O=C(CCc1ccc(S(=O)(=O)NC2CCCCC2)cc1)NCc1ccc(S(=O)(=O)N2CCCC2)cc1. The van der Waals surface area contributed by atoms with Gasteiger partial charge in [0.2, 0.25) is 26.0 Å². The summed E-state index contributed by atoms with van der Waals surface area (Å²) in [5.41, 5.74) is 1.71. The third-order valence-corrected chi connectivity index (χ3v) is 10.4. The summed E-state index contributed by atoms with van der Waals surface area (Å²) in [6, 6.07) is 13.3. The van der Waals surface area contributed by atoms with Crippen LogP contribution in [0.3, 0.4) is 0 Å². The number of benzene rings is 2. The van der Waals surface area contributed by atoms with Gasteiger partial charge in [-0.25, -0.2) is 21.6 Å². The second-order valence-electron chi connectivity index (χ2n) is 9.63. The standard InChI is InChI=1S/C26H35N3O5S2/c30-26(27-20-22-10-15-25(16-11-22)36(33,34)29-18-4-5-19-29)17-12-21-8-13-24(14-9-21)35(31,32)28-23-6-2-1-3-7-23/h8-11,13-16,23,28H,1-7,12,17-20H2,(H,27,30). The zero-order valence-corrected chi connectivity index (χ0v) is 22.1. The molecule has 0 unspecified atom stereocenters. The number of sulfonamides is 2. The molecule has 0 atom stereocenters. The van der Waals surface area contributed by atoms with E-state index < -0.39 is 20.0 Å². The van der Waals surface area contributed by atoms with E-state index in [1.165, 1.54) is 4.31 Å². The summed E-state index contributed by atoms with van der Waals surface area (Å²) in [5, 5.41) is 2.86. The topological polar surface area (TPSA) is 113 Å². The second kappa shape index (κ2) is 11.9. The van der Waals surface area contributed by atoms with Gasteiger partial charge in [-0.05, 0) is 67.5 Å². The average Bonchev–Trinajstić information content (AvgIpc) is 3.43. The molecule has 0 bridgehead atoms. The molecule has 8 nitrogen and oxygen atoms in total. The Morgan fingerprint density at radius 3 is 2.00 bits per heavy atom. The minimum atomic E-state index is -3.53. The first-order valence-corrected chi connectivity index (χ1v) is 15.6. The van der Waals surface area contributed by atoms with Gasteiger partial charge in [0.05, 0.1) is 9.79 Å². The Kier molecular flexibility index (Phi) is 8.82. The van der Waals surface area contributed by atoms with Gasteiger partial charge in [-0.15, -0.1) is 0 Å². The number of carbonyl (C=O) groups is 1. The highest BCUT2D eigenvalue weighted by Gasteiger charge is 2.27. The molecule has 36 heavy (non-hydrogen) atoms. The number of amides is 1. The number of nitrogens with one attached hydrogen (secondary N) is 2. The molecule has 2 fully saturated rings. The van der Waals surface area contributed by atoms with E-state index in [0.717, 1.165) is 56.1 Å². The van der Waals surface area contributed by atoms with Crippen molar-refractivity contribution in [3.63, 3.8) is 0 Å². The fourth-order valence-corrected chi connectivity index (χ4v) is 7.57. The third kappa shape index (κ3) is 6.94. The number of hydrogen-bond acceptors (Lipinski definition) is 5. The van der Waals surface area contributed by atoms with Crippen molar-refractivity contribution in [3.05, 3.63) is 59.7 Å². The third-order valence-electron chi connectivity index (χ3n) is 6.92. The monoisotopic (exact) mass is 533 g/mol. The molecule has 4 rings (SSSR count). The van der Waals surface area contributed by atoms with Crippen LogP contribution in [0.4, 0.5) is 0 Å². The molecule has 1 aliphatic heterocycles. The van der Waals surface area contributed by atoms with Crippen molar-refractivity contribution in [2.45, 2.75) is 80.2 Å². The normalized spacial score (nSPS) is 17.8. The Morgan fingerprint density at radius 1 is 0.778 bits per heavy atom. The number of hydrogen-bond donors (Lipinski definition) is 2. The van der Waals surface area contributed by atoms with Gasteiger partial charge < -0.3 is 5.32 Å². The largest absolute Gasteiger partial charge is 0.352 e. The lowest BCUT2D eigenvalue weighted by atomic mass is 9.96. The van der Waals surface area contributed by atoms with Crippen molar-refractivity contribution in [2.24, 2.45) is 0 Å². The van der Waals surface area contributed by atoms with Crippen molar-refractivity contribution in [3.8, 4) is 0 Å². The van der Waals surface area contributed by atoms with E-state index in [1.807, 2.05) is 0 Å². The van der Waals surface area contributed by atoms with Crippen LogP contribution in [0, 0.1) is 0 Å².